The molecule has 6 nitrogen and oxygen atoms in total. The summed E-state index contributed by atoms with van der Waals surface area (Å²) < 4.78 is 10.3. The van der Waals surface area contributed by atoms with Crippen molar-refractivity contribution in [2.45, 2.75) is 45.3 Å². The molecule has 0 spiro atoms. The van der Waals surface area contributed by atoms with Gasteiger partial charge < -0.3 is 14.4 Å². The number of esters is 1. The Hall–Kier alpha value is -2.55. The topological polar surface area (TPSA) is 79.6 Å². The van der Waals surface area contributed by atoms with Gasteiger partial charge in [0.2, 0.25) is 0 Å². The lowest BCUT2D eigenvalue weighted by Crippen LogP contribution is -2.37. The van der Waals surface area contributed by atoms with Crippen molar-refractivity contribution < 1.29 is 19.1 Å². The van der Waals surface area contributed by atoms with Crippen molar-refractivity contribution in [2.75, 3.05) is 13.7 Å². The molecule has 2 atom stereocenters. The summed E-state index contributed by atoms with van der Waals surface area (Å²) in [5, 5.41) is 8.94. The van der Waals surface area contributed by atoms with Gasteiger partial charge in [-0.2, -0.15) is 5.26 Å². The van der Waals surface area contributed by atoms with E-state index in [1.54, 1.807) is 17.0 Å². The molecule has 1 aromatic carbocycles. The summed E-state index contributed by atoms with van der Waals surface area (Å²) in [6.45, 7) is 5.91. The van der Waals surface area contributed by atoms with Crippen LogP contribution in [0.15, 0.2) is 24.3 Å². The second-order valence-corrected chi connectivity index (χ2v) is 7.26. The molecule has 1 amide bonds. The third-order valence-corrected chi connectivity index (χ3v) is 4.12. The van der Waals surface area contributed by atoms with E-state index in [2.05, 4.69) is 6.07 Å². The van der Waals surface area contributed by atoms with E-state index in [0.717, 1.165) is 5.56 Å². The van der Waals surface area contributed by atoms with Crippen LogP contribution >= 0.6 is 0 Å². The van der Waals surface area contributed by atoms with Crippen LogP contribution in [0.3, 0.4) is 0 Å². The third-order valence-electron chi connectivity index (χ3n) is 4.12. The molecule has 1 saturated heterocycles. The number of methoxy groups -OCH3 is 1. The van der Waals surface area contributed by atoms with Crippen LogP contribution < -0.4 is 0 Å². The first-order chi connectivity index (χ1) is 11.7. The van der Waals surface area contributed by atoms with Crippen molar-refractivity contribution in [1.29, 1.82) is 5.26 Å². The minimum Gasteiger partial charge on any atom is -0.469 e. The van der Waals surface area contributed by atoms with Gasteiger partial charge in [-0.3, -0.25) is 4.79 Å². The molecule has 0 aromatic heterocycles. The molecule has 1 heterocycles. The number of hydrogen-bond donors (Lipinski definition) is 0. The first-order valence-corrected chi connectivity index (χ1v) is 8.30. The summed E-state index contributed by atoms with van der Waals surface area (Å²) in [5.41, 5.74) is 0.904. The number of rotatable bonds is 3. The van der Waals surface area contributed by atoms with Crippen LogP contribution in [0.2, 0.25) is 0 Å². The first-order valence-electron chi connectivity index (χ1n) is 8.30. The molecule has 1 aliphatic rings. The number of nitrogens with zero attached hydrogens (tertiary/aromatic N) is 2. The van der Waals surface area contributed by atoms with Crippen LogP contribution in [0.1, 0.15) is 50.8 Å². The van der Waals surface area contributed by atoms with Gasteiger partial charge in [0.15, 0.2) is 0 Å². The van der Waals surface area contributed by atoms with Gasteiger partial charge in [0.1, 0.15) is 5.60 Å². The molecule has 134 valence electrons. The van der Waals surface area contributed by atoms with Crippen LogP contribution in [-0.2, 0) is 14.3 Å². The fourth-order valence-electron chi connectivity index (χ4n) is 3.01. The minimum atomic E-state index is -0.591. The van der Waals surface area contributed by atoms with Gasteiger partial charge in [-0.15, -0.1) is 0 Å². The van der Waals surface area contributed by atoms with Crippen molar-refractivity contribution in [2.24, 2.45) is 5.92 Å². The zero-order chi connectivity index (χ0) is 18.6. The van der Waals surface area contributed by atoms with Crippen LogP contribution in [0, 0.1) is 17.2 Å². The highest BCUT2D eigenvalue weighted by molar-refractivity contribution is 5.71. The maximum Gasteiger partial charge on any atom is 0.410 e. The summed E-state index contributed by atoms with van der Waals surface area (Å²) in [7, 11) is 1.36. The standard InChI is InChI=1S/C19H24N2O4/c1-19(2,3)25-18(23)21-12-14(10-17(22)24-4)9-16(21)15-7-5-13(11-20)6-8-15/h5-8,14,16H,9-10,12H2,1-4H3/t14-,16-/m1/s1. The van der Waals surface area contributed by atoms with Gasteiger partial charge >= 0.3 is 12.1 Å². The molecule has 1 aliphatic heterocycles. The van der Waals surface area contributed by atoms with Crippen LogP contribution in [0.5, 0.6) is 0 Å². The van der Waals surface area contributed by atoms with Gasteiger partial charge in [0.25, 0.3) is 0 Å². The Morgan fingerprint density at radius 2 is 1.92 bits per heavy atom. The van der Waals surface area contributed by atoms with Crippen LogP contribution in [0.25, 0.3) is 0 Å². The molecule has 0 radical (unpaired) electrons. The molecule has 6 heteroatoms. The number of carbonyl (C=O) groups is 2. The van der Waals surface area contributed by atoms with E-state index in [4.69, 9.17) is 14.7 Å². The smallest absolute Gasteiger partial charge is 0.410 e. The van der Waals surface area contributed by atoms with Crippen LogP contribution in [0.4, 0.5) is 4.79 Å². The van der Waals surface area contributed by atoms with E-state index in [1.807, 2.05) is 32.9 Å². The molecule has 0 unspecified atom stereocenters. The van der Waals surface area contributed by atoms with Crippen molar-refractivity contribution in [3.05, 3.63) is 35.4 Å². The molecule has 1 aromatic rings. The Balaban J connectivity index is 2.23. The van der Waals surface area contributed by atoms with Gasteiger partial charge in [0.05, 0.1) is 31.2 Å². The molecule has 0 aliphatic carbocycles. The third kappa shape index (κ3) is 4.96. The molecule has 2 rings (SSSR count). The fourth-order valence-corrected chi connectivity index (χ4v) is 3.01. The van der Waals surface area contributed by atoms with E-state index >= 15 is 0 Å². The highest BCUT2D eigenvalue weighted by atomic mass is 16.6. The second kappa shape index (κ2) is 7.56. The minimum absolute atomic E-state index is 0.0145. The van der Waals surface area contributed by atoms with Gasteiger partial charge in [-0.05, 0) is 50.8 Å². The number of ether oxygens (including phenoxy) is 2. The van der Waals surface area contributed by atoms with Crippen molar-refractivity contribution >= 4 is 12.1 Å². The van der Waals surface area contributed by atoms with E-state index in [1.165, 1.54) is 7.11 Å². The van der Waals surface area contributed by atoms with Gasteiger partial charge in [0, 0.05) is 6.54 Å². The monoisotopic (exact) mass is 344 g/mol. The molecule has 0 saturated carbocycles. The van der Waals surface area contributed by atoms with E-state index in [0.29, 0.717) is 18.5 Å². The zero-order valence-corrected chi connectivity index (χ0v) is 15.1. The molecule has 1 fully saturated rings. The first kappa shape index (κ1) is 18.8. The highest BCUT2D eigenvalue weighted by Gasteiger charge is 2.39. The largest absolute Gasteiger partial charge is 0.469 e. The SMILES string of the molecule is COC(=O)C[C@H]1C[C@H](c2ccc(C#N)cc2)N(C(=O)OC(C)(C)C)C1. The normalized spacial score (nSPS) is 20.0. The van der Waals surface area contributed by atoms with Crippen molar-refractivity contribution in [3.63, 3.8) is 0 Å². The maximum absolute atomic E-state index is 12.6. The molecular formula is C19H24N2O4. The van der Waals surface area contributed by atoms with Crippen LogP contribution in [-0.4, -0.2) is 36.2 Å². The van der Waals surface area contributed by atoms with E-state index in [9.17, 15) is 9.59 Å². The average molecular weight is 344 g/mol. The highest BCUT2D eigenvalue weighted by Crippen LogP contribution is 2.38. The van der Waals surface area contributed by atoms with Gasteiger partial charge in [-0.1, -0.05) is 12.1 Å². The number of likely N-dealkylation sites (tertiary alicyclic amines) is 1. The lowest BCUT2D eigenvalue weighted by atomic mass is 9.97. The number of benzene rings is 1. The predicted octanol–water partition coefficient (Wildman–Crippen LogP) is 3.42. The molecular weight excluding hydrogens is 320 g/mol. The fraction of sp³-hybridized carbons (Fsp3) is 0.526. The van der Waals surface area contributed by atoms with Crippen molar-refractivity contribution in [3.8, 4) is 6.07 Å². The maximum atomic E-state index is 12.6. The van der Waals surface area contributed by atoms with Crippen molar-refractivity contribution in [1.82, 2.24) is 4.90 Å². The number of carbonyl (C=O) groups excluding carboxylic acids is 2. The summed E-state index contributed by atoms with van der Waals surface area (Å²) >= 11 is 0. The van der Waals surface area contributed by atoms with Gasteiger partial charge in [-0.25, -0.2) is 4.79 Å². The Morgan fingerprint density at radius 3 is 2.44 bits per heavy atom. The second-order valence-electron chi connectivity index (χ2n) is 7.26. The molecule has 0 N–H and O–H groups in total. The zero-order valence-electron chi connectivity index (χ0n) is 15.1. The summed E-state index contributed by atoms with van der Waals surface area (Å²) in [4.78, 5) is 25.9. The number of amides is 1. The Kier molecular flexibility index (Phi) is 5.68. The predicted molar refractivity (Wildman–Crippen MR) is 91.6 cm³/mol. The quantitative estimate of drug-likeness (QED) is 0.785. The number of hydrogen-bond acceptors (Lipinski definition) is 5. The van der Waals surface area contributed by atoms with E-state index in [-0.39, 0.29) is 24.3 Å². The lowest BCUT2D eigenvalue weighted by molar-refractivity contribution is -0.141. The lowest BCUT2D eigenvalue weighted by Gasteiger charge is -2.28. The van der Waals surface area contributed by atoms with E-state index < -0.39 is 11.7 Å². The summed E-state index contributed by atoms with van der Waals surface area (Å²) in [6, 6.07) is 9.06. The summed E-state index contributed by atoms with van der Waals surface area (Å²) in [5.74, 6) is -0.268. The average Bonchev–Trinajstić information content (AvgIpc) is 2.97. The Morgan fingerprint density at radius 1 is 1.28 bits per heavy atom. The Labute approximate surface area is 148 Å². The Bertz CT molecular complexity index is 670. The molecule has 25 heavy (non-hydrogen) atoms. The summed E-state index contributed by atoms with van der Waals surface area (Å²) in [6.07, 6.45) is 0.525. The molecule has 0 bridgehead atoms. The number of nitriles is 1.